The number of carbonyl (C=O) groups is 1. The molecule has 0 fully saturated rings. The monoisotopic (exact) mass is 412 g/mol. The number of ketones is 1. The fourth-order valence-corrected chi connectivity index (χ4v) is 2.63. The first kappa shape index (κ1) is 26.6. The number of hydrogen-bond acceptors (Lipinski definition) is 4. The second-order valence-corrected chi connectivity index (χ2v) is 7.84. The Labute approximate surface area is 170 Å². The number of benzene rings is 1. The molecule has 0 saturated carbocycles. The predicted octanol–water partition coefficient (Wildman–Crippen LogP) is 6.21. The van der Waals surface area contributed by atoms with Gasteiger partial charge in [0, 0.05) is 0 Å². The molecule has 1 rings (SSSR count). The third-order valence-corrected chi connectivity index (χ3v) is 5.17. The van der Waals surface area contributed by atoms with Crippen LogP contribution < -0.4 is 0 Å². The van der Waals surface area contributed by atoms with Gasteiger partial charge in [-0.15, -0.1) is 0 Å². The van der Waals surface area contributed by atoms with E-state index in [1.807, 2.05) is 12.1 Å². The van der Waals surface area contributed by atoms with Crippen LogP contribution in [0.15, 0.2) is 18.2 Å². The number of hydrogen-bond donors (Lipinski definition) is 2. The lowest BCUT2D eigenvalue weighted by Gasteiger charge is -2.19. The molecule has 0 aliphatic heterocycles. The normalized spacial score (nSPS) is 14.2. The number of unbranched alkanes of at least 4 members (excludes halogenated alkanes) is 1. The molecule has 0 saturated heterocycles. The molecule has 0 heterocycles. The topological polar surface area (TPSA) is 83.8 Å². The molecular formula is C22H37O5P. The second-order valence-electron chi connectivity index (χ2n) is 7.02. The van der Waals surface area contributed by atoms with Crippen molar-refractivity contribution in [3.63, 3.8) is 0 Å². The first-order valence-electron chi connectivity index (χ1n) is 10.1. The van der Waals surface area contributed by atoms with Gasteiger partial charge in [-0.2, -0.15) is 0 Å². The summed E-state index contributed by atoms with van der Waals surface area (Å²) in [4.78, 5) is 20.2. The molecule has 2 N–H and O–H groups in total. The average molecular weight is 413 g/mol. The lowest BCUT2D eigenvalue weighted by molar-refractivity contribution is -0.116. The van der Waals surface area contributed by atoms with Gasteiger partial charge >= 0.3 is 8.25 Å². The molecule has 0 spiro atoms. The fourth-order valence-electron chi connectivity index (χ4n) is 2.36. The molecule has 0 aromatic heterocycles. The lowest BCUT2D eigenvalue weighted by Crippen LogP contribution is -2.02. The zero-order chi connectivity index (χ0) is 21.7. The highest BCUT2D eigenvalue weighted by Gasteiger charge is 2.17. The standard InChI is InChI=1S/C18H27O5P.C4H10/c1-5-12(3)16-9-14(7-8-15(19)11-23-24(21)22)10-17(18(16)20)13(4)6-2;1-3-4-2/h7-10,12-13,20,24H,5-6,11H2,1-4H3,(H,21,22);3-4H2,1-2H3/b8-7+;. The van der Waals surface area contributed by atoms with Gasteiger partial charge in [0.2, 0.25) is 0 Å². The van der Waals surface area contributed by atoms with Crippen molar-refractivity contribution in [2.75, 3.05) is 6.61 Å². The fraction of sp³-hybridized carbons (Fsp3) is 0.591. The van der Waals surface area contributed by atoms with Crippen LogP contribution in [0, 0.1) is 0 Å². The smallest absolute Gasteiger partial charge is 0.317 e. The molecule has 0 bridgehead atoms. The summed E-state index contributed by atoms with van der Waals surface area (Å²) < 4.78 is 14.9. The maximum absolute atomic E-state index is 11.6. The minimum atomic E-state index is -3.10. The summed E-state index contributed by atoms with van der Waals surface area (Å²) >= 11 is 0. The Morgan fingerprint density at radius 2 is 1.54 bits per heavy atom. The summed E-state index contributed by atoms with van der Waals surface area (Å²) in [5.41, 5.74) is 2.57. The molecule has 28 heavy (non-hydrogen) atoms. The van der Waals surface area contributed by atoms with Crippen molar-refractivity contribution in [1.29, 1.82) is 0 Å². The van der Waals surface area contributed by atoms with E-state index in [4.69, 9.17) is 4.89 Å². The maximum atomic E-state index is 11.6. The van der Waals surface area contributed by atoms with Crippen molar-refractivity contribution in [1.82, 2.24) is 0 Å². The maximum Gasteiger partial charge on any atom is 0.317 e. The molecule has 0 aliphatic rings. The molecular weight excluding hydrogens is 375 g/mol. The van der Waals surface area contributed by atoms with E-state index in [1.54, 1.807) is 6.08 Å². The van der Waals surface area contributed by atoms with Crippen LogP contribution in [0.25, 0.3) is 6.08 Å². The molecule has 1 aromatic rings. The third-order valence-electron chi connectivity index (χ3n) is 4.78. The highest BCUT2D eigenvalue weighted by molar-refractivity contribution is 7.32. The van der Waals surface area contributed by atoms with Crippen LogP contribution in [0.1, 0.15) is 95.8 Å². The number of rotatable bonds is 10. The summed E-state index contributed by atoms with van der Waals surface area (Å²) in [6, 6.07) is 3.77. The Morgan fingerprint density at radius 1 is 1.07 bits per heavy atom. The highest BCUT2D eigenvalue weighted by Crippen LogP contribution is 2.37. The van der Waals surface area contributed by atoms with E-state index in [9.17, 15) is 14.5 Å². The van der Waals surface area contributed by atoms with Crippen molar-refractivity contribution in [3.05, 3.63) is 34.9 Å². The van der Waals surface area contributed by atoms with Gasteiger partial charge in [0.1, 0.15) is 12.4 Å². The molecule has 0 radical (unpaired) electrons. The Kier molecular flexibility index (Phi) is 13.8. The first-order chi connectivity index (χ1) is 13.2. The van der Waals surface area contributed by atoms with Crippen molar-refractivity contribution >= 4 is 20.1 Å². The second kappa shape index (κ2) is 14.6. The Bertz CT molecular complexity index is 621. The largest absolute Gasteiger partial charge is 0.507 e. The van der Waals surface area contributed by atoms with Gasteiger partial charge in [0.25, 0.3) is 0 Å². The zero-order valence-corrected chi connectivity index (χ0v) is 19.1. The van der Waals surface area contributed by atoms with Crippen molar-refractivity contribution in [3.8, 4) is 5.75 Å². The summed E-state index contributed by atoms with van der Waals surface area (Å²) in [5, 5.41) is 10.6. The van der Waals surface area contributed by atoms with Gasteiger partial charge < -0.3 is 14.5 Å². The quantitative estimate of drug-likeness (QED) is 0.353. The van der Waals surface area contributed by atoms with Crippen molar-refractivity contribution in [2.24, 2.45) is 0 Å². The van der Waals surface area contributed by atoms with Crippen LogP contribution in [0.3, 0.4) is 0 Å². The number of carbonyl (C=O) groups excluding carboxylic acids is 1. The average Bonchev–Trinajstić information content (AvgIpc) is 2.70. The number of aromatic hydroxyl groups is 1. The Balaban J connectivity index is 0.00000165. The van der Waals surface area contributed by atoms with E-state index in [0.717, 1.165) is 29.5 Å². The molecule has 6 heteroatoms. The van der Waals surface area contributed by atoms with Crippen LogP contribution in [0.2, 0.25) is 0 Å². The molecule has 3 atom stereocenters. The van der Waals surface area contributed by atoms with Gasteiger partial charge in [-0.3, -0.25) is 9.36 Å². The predicted molar refractivity (Wildman–Crippen MR) is 117 cm³/mol. The zero-order valence-electron chi connectivity index (χ0n) is 18.1. The van der Waals surface area contributed by atoms with Gasteiger partial charge in [0.15, 0.2) is 5.78 Å². The van der Waals surface area contributed by atoms with Gasteiger partial charge in [-0.05, 0) is 59.6 Å². The Hall–Kier alpha value is -1.42. The molecule has 3 unspecified atom stereocenters. The van der Waals surface area contributed by atoms with Crippen LogP contribution in [0.4, 0.5) is 0 Å². The van der Waals surface area contributed by atoms with E-state index in [2.05, 4.69) is 46.1 Å². The highest BCUT2D eigenvalue weighted by atomic mass is 31.1. The van der Waals surface area contributed by atoms with Gasteiger partial charge in [0.05, 0.1) is 0 Å². The number of phenolic OH excluding ortho intramolecular Hbond substituents is 1. The summed E-state index contributed by atoms with van der Waals surface area (Å²) in [5.74, 6) is 0.371. The van der Waals surface area contributed by atoms with E-state index in [1.165, 1.54) is 18.9 Å². The van der Waals surface area contributed by atoms with E-state index in [-0.39, 0.29) is 17.6 Å². The SMILES string of the molecule is CCC(C)c1cc(/C=C/C(=O)CO[PH](=O)O)cc(C(C)CC)c1O.CCCC. The molecule has 5 nitrogen and oxygen atoms in total. The third kappa shape index (κ3) is 9.68. The first-order valence-corrected chi connectivity index (χ1v) is 11.4. The molecule has 0 amide bonds. The van der Waals surface area contributed by atoms with Gasteiger partial charge in [-0.1, -0.05) is 60.5 Å². The minimum absolute atomic E-state index is 0.209. The van der Waals surface area contributed by atoms with E-state index < -0.39 is 14.9 Å². The van der Waals surface area contributed by atoms with Crippen molar-refractivity contribution < 1.29 is 23.9 Å². The summed E-state index contributed by atoms with van der Waals surface area (Å²) in [7, 11) is -3.10. The number of phenols is 1. The van der Waals surface area contributed by atoms with Crippen LogP contribution in [0.5, 0.6) is 5.75 Å². The summed E-state index contributed by atoms with van der Waals surface area (Å²) in [6.45, 7) is 12.2. The van der Waals surface area contributed by atoms with Crippen molar-refractivity contribution in [2.45, 2.75) is 79.1 Å². The van der Waals surface area contributed by atoms with Crippen LogP contribution in [-0.2, 0) is 13.9 Å². The molecule has 0 aliphatic carbocycles. The molecule has 1 aromatic carbocycles. The summed E-state index contributed by atoms with van der Waals surface area (Å²) in [6.07, 6.45) is 7.42. The van der Waals surface area contributed by atoms with Crippen LogP contribution in [-0.4, -0.2) is 22.4 Å². The van der Waals surface area contributed by atoms with E-state index in [0.29, 0.717) is 5.75 Å². The molecule has 160 valence electrons. The van der Waals surface area contributed by atoms with Gasteiger partial charge in [-0.25, -0.2) is 0 Å². The lowest BCUT2D eigenvalue weighted by atomic mass is 9.88. The minimum Gasteiger partial charge on any atom is -0.507 e. The van der Waals surface area contributed by atoms with Crippen LogP contribution >= 0.6 is 8.25 Å². The Morgan fingerprint density at radius 3 is 1.89 bits per heavy atom. The van der Waals surface area contributed by atoms with E-state index >= 15 is 0 Å².